The molecule has 7 heteroatoms. The summed E-state index contributed by atoms with van der Waals surface area (Å²) in [5.41, 5.74) is 4.17. The van der Waals surface area contributed by atoms with Gasteiger partial charge in [0.2, 0.25) is 0 Å². The number of nitrogens with zero attached hydrogens (tertiary/aromatic N) is 4. The second-order valence-electron chi connectivity index (χ2n) is 7.95. The Morgan fingerprint density at radius 3 is 2.55 bits per heavy atom. The molecule has 2 heterocycles. The van der Waals surface area contributed by atoms with Crippen molar-refractivity contribution in [3.8, 4) is 11.3 Å². The van der Waals surface area contributed by atoms with E-state index in [0.717, 1.165) is 11.1 Å². The SMILES string of the molecule is CN(C)[C@H](CNC(=O)c1cc(-c2ccc(F)cc2)nn1C)c1cn(C)c2ccccc12. The van der Waals surface area contributed by atoms with E-state index in [2.05, 4.69) is 38.2 Å². The van der Waals surface area contributed by atoms with Crippen LogP contribution in [0.2, 0.25) is 0 Å². The van der Waals surface area contributed by atoms with Crippen molar-refractivity contribution >= 4 is 16.8 Å². The van der Waals surface area contributed by atoms with E-state index in [0.29, 0.717) is 17.9 Å². The minimum absolute atomic E-state index is 0.0137. The van der Waals surface area contributed by atoms with Crippen LogP contribution in [0.4, 0.5) is 4.39 Å². The van der Waals surface area contributed by atoms with E-state index in [1.54, 1.807) is 29.9 Å². The van der Waals surface area contributed by atoms with Crippen LogP contribution in [-0.4, -0.2) is 45.8 Å². The smallest absolute Gasteiger partial charge is 0.269 e. The van der Waals surface area contributed by atoms with Crippen LogP contribution in [0, 0.1) is 5.82 Å². The molecule has 2 aromatic carbocycles. The standard InChI is InChI=1S/C24H26FN5O/c1-28(2)23(19-15-29(3)21-8-6-5-7-18(19)21)14-26-24(31)22-13-20(27-30(22)4)16-9-11-17(25)12-10-16/h5-13,15,23H,14H2,1-4H3,(H,26,31)/t23-/m1/s1. The molecule has 2 aromatic heterocycles. The zero-order valence-electron chi connectivity index (χ0n) is 18.1. The minimum atomic E-state index is -0.305. The third-order valence-electron chi connectivity index (χ3n) is 5.62. The van der Waals surface area contributed by atoms with E-state index in [1.165, 1.54) is 23.1 Å². The highest BCUT2D eigenvalue weighted by Crippen LogP contribution is 2.28. The first kappa shape index (κ1) is 20.8. The van der Waals surface area contributed by atoms with Crippen molar-refractivity contribution in [1.29, 1.82) is 0 Å². The van der Waals surface area contributed by atoms with Gasteiger partial charge in [-0.05, 0) is 56.1 Å². The van der Waals surface area contributed by atoms with Crippen LogP contribution in [-0.2, 0) is 14.1 Å². The minimum Gasteiger partial charge on any atom is -0.350 e. The molecule has 0 aliphatic carbocycles. The maximum absolute atomic E-state index is 13.2. The van der Waals surface area contributed by atoms with Crippen molar-refractivity contribution in [3.05, 3.63) is 77.9 Å². The van der Waals surface area contributed by atoms with Crippen LogP contribution < -0.4 is 5.32 Å². The number of nitrogens with one attached hydrogen (secondary N) is 1. The fraction of sp³-hybridized carbons (Fsp3) is 0.250. The first-order valence-electron chi connectivity index (χ1n) is 10.1. The number of benzene rings is 2. The Balaban J connectivity index is 1.55. The summed E-state index contributed by atoms with van der Waals surface area (Å²) in [6.45, 7) is 0.455. The lowest BCUT2D eigenvalue weighted by Crippen LogP contribution is -2.35. The van der Waals surface area contributed by atoms with Gasteiger partial charge in [0, 0.05) is 43.3 Å². The first-order chi connectivity index (χ1) is 14.8. The van der Waals surface area contributed by atoms with Gasteiger partial charge in [0.25, 0.3) is 5.91 Å². The Labute approximate surface area is 180 Å². The summed E-state index contributed by atoms with van der Waals surface area (Å²) in [4.78, 5) is 15.0. The summed E-state index contributed by atoms with van der Waals surface area (Å²) in [5.74, 6) is -0.503. The number of hydrogen-bond acceptors (Lipinski definition) is 3. The molecule has 0 radical (unpaired) electrons. The van der Waals surface area contributed by atoms with Crippen LogP contribution in [0.3, 0.4) is 0 Å². The summed E-state index contributed by atoms with van der Waals surface area (Å²) in [7, 11) is 7.78. The lowest BCUT2D eigenvalue weighted by molar-refractivity contribution is 0.0932. The molecule has 1 amide bonds. The number of amides is 1. The third-order valence-corrected chi connectivity index (χ3v) is 5.62. The fourth-order valence-electron chi connectivity index (χ4n) is 3.93. The lowest BCUT2D eigenvalue weighted by Gasteiger charge is -2.24. The maximum atomic E-state index is 13.2. The number of aromatic nitrogens is 3. The molecular formula is C24H26FN5O. The third kappa shape index (κ3) is 4.09. The highest BCUT2D eigenvalue weighted by molar-refractivity contribution is 5.93. The number of likely N-dealkylation sites (N-methyl/N-ethyl adjacent to an activating group) is 1. The average molecular weight is 420 g/mol. The number of rotatable bonds is 6. The van der Waals surface area contributed by atoms with Crippen LogP contribution in [0.15, 0.2) is 60.8 Å². The molecular weight excluding hydrogens is 393 g/mol. The Morgan fingerprint density at radius 1 is 1.13 bits per heavy atom. The summed E-state index contributed by atoms with van der Waals surface area (Å²) in [6.07, 6.45) is 2.12. The lowest BCUT2D eigenvalue weighted by atomic mass is 10.0. The van der Waals surface area contributed by atoms with Crippen LogP contribution in [0.1, 0.15) is 22.1 Å². The van der Waals surface area contributed by atoms with Gasteiger partial charge in [-0.1, -0.05) is 18.2 Å². The van der Waals surface area contributed by atoms with E-state index < -0.39 is 0 Å². The Morgan fingerprint density at radius 2 is 1.84 bits per heavy atom. The number of carbonyl (C=O) groups excluding carboxylic acids is 1. The molecule has 31 heavy (non-hydrogen) atoms. The van der Waals surface area contributed by atoms with Gasteiger partial charge in [-0.25, -0.2) is 4.39 Å². The van der Waals surface area contributed by atoms with Crippen molar-refractivity contribution < 1.29 is 9.18 Å². The van der Waals surface area contributed by atoms with Gasteiger partial charge in [-0.3, -0.25) is 9.48 Å². The fourth-order valence-corrected chi connectivity index (χ4v) is 3.93. The number of halogens is 1. The van der Waals surface area contributed by atoms with Crippen molar-refractivity contribution in [1.82, 2.24) is 24.6 Å². The van der Waals surface area contributed by atoms with Gasteiger partial charge >= 0.3 is 0 Å². The largest absolute Gasteiger partial charge is 0.350 e. The van der Waals surface area contributed by atoms with Gasteiger partial charge in [-0.15, -0.1) is 0 Å². The maximum Gasteiger partial charge on any atom is 0.269 e. The van der Waals surface area contributed by atoms with Crippen LogP contribution >= 0.6 is 0 Å². The molecule has 4 aromatic rings. The second-order valence-corrected chi connectivity index (χ2v) is 7.95. The number of hydrogen-bond donors (Lipinski definition) is 1. The molecule has 0 bridgehead atoms. The van der Waals surface area contributed by atoms with E-state index in [9.17, 15) is 9.18 Å². The number of carbonyl (C=O) groups is 1. The number of fused-ring (bicyclic) bond motifs is 1. The molecule has 0 aliphatic rings. The van der Waals surface area contributed by atoms with Crippen molar-refractivity contribution in [3.63, 3.8) is 0 Å². The molecule has 0 saturated heterocycles. The van der Waals surface area contributed by atoms with E-state index in [4.69, 9.17) is 0 Å². The van der Waals surface area contributed by atoms with Crippen molar-refractivity contribution in [2.75, 3.05) is 20.6 Å². The summed E-state index contributed by atoms with van der Waals surface area (Å²) in [5, 5.41) is 8.65. The topological polar surface area (TPSA) is 55.1 Å². The normalized spacial score (nSPS) is 12.5. The molecule has 0 fully saturated rings. The molecule has 1 atom stereocenters. The van der Waals surface area contributed by atoms with Crippen molar-refractivity contribution in [2.24, 2.45) is 14.1 Å². The van der Waals surface area contributed by atoms with Crippen LogP contribution in [0.5, 0.6) is 0 Å². The molecule has 0 unspecified atom stereocenters. The number of aryl methyl sites for hydroxylation is 2. The Bertz CT molecular complexity index is 1220. The summed E-state index contributed by atoms with van der Waals surface area (Å²) >= 11 is 0. The zero-order chi connectivity index (χ0) is 22.1. The van der Waals surface area contributed by atoms with Crippen molar-refractivity contribution in [2.45, 2.75) is 6.04 Å². The van der Waals surface area contributed by atoms with Gasteiger partial charge in [0.15, 0.2) is 0 Å². The zero-order valence-corrected chi connectivity index (χ0v) is 18.1. The average Bonchev–Trinajstić information content (AvgIpc) is 3.29. The van der Waals surface area contributed by atoms with E-state index in [1.807, 2.05) is 33.3 Å². The molecule has 0 saturated carbocycles. The van der Waals surface area contributed by atoms with Gasteiger partial charge in [0.1, 0.15) is 11.5 Å². The van der Waals surface area contributed by atoms with Gasteiger partial charge in [-0.2, -0.15) is 5.10 Å². The Hall–Kier alpha value is -3.45. The molecule has 4 rings (SSSR count). The molecule has 0 aliphatic heterocycles. The summed E-state index contributed by atoms with van der Waals surface area (Å²) in [6, 6.07) is 16.1. The van der Waals surface area contributed by atoms with E-state index in [-0.39, 0.29) is 17.8 Å². The summed E-state index contributed by atoms with van der Waals surface area (Å²) < 4.78 is 16.9. The van der Waals surface area contributed by atoms with E-state index >= 15 is 0 Å². The predicted octanol–water partition coefficient (Wildman–Crippen LogP) is 3.75. The molecule has 160 valence electrons. The highest BCUT2D eigenvalue weighted by Gasteiger charge is 2.21. The monoisotopic (exact) mass is 419 g/mol. The molecule has 6 nitrogen and oxygen atoms in total. The molecule has 1 N–H and O–H groups in total. The second kappa shape index (κ2) is 8.35. The number of para-hydroxylation sites is 1. The Kier molecular flexibility index (Phi) is 5.61. The highest BCUT2D eigenvalue weighted by atomic mass is 19.1. The van der Waals surface area contributed by atoms with Gasteiger partial charge < -0.3 is 14.8 Å². The quantitative estimate of drug-likeness (QED) is 0.518. The van der Waals surface area contributed by atoms with Crippen LogP contribution in [0.25, 0.3) is 22.2 Å². The van der Waals surface area contributed by atoms with Gasteiger partial charge in [0.05, 0.1) is 11.7 Å². The molecule has 0 spiro atoms. The first-order valence-corrected chi connectivity index (χ1v) is 10.1. The predicted molar refractivity (Wildman–Crippen MR) is 120 cm³/mol.